The van der Waals surface area contributed by atoms with E-state index in [1.807, 2.05) is 59.6 Å². The van der Waals surface area contributed by atoms with Crippen LogP contribution in [0, 0.1) is 0 Å². The van der Waals surface area contributed by atoms with Crippen LogP contribution in [0.3, 0.4) is 0 Å². The molecule has 6 rings (SSSR count). The van der Waals surface area contributed by atoms with Crippen molar-refractivity contribution in [3.63, 3.8) is 0 Å². The number of nitrogens with one attached hydrogen (secondary N) is 3. The normalized spacial score (nSPS) is 17.4. The second-order valence-corrected chi connectivity index (χ2v) is 11.7. The number of rotatable bonds is 8. The van der Waals surface area contributed by atoms with Gasteiger partial charge in [0.25, 0.3) is 0 Å². The van der Waals surface area contributed by atoms with Crippen molar-refractivity contribution in [1.29, 1.82) is 0 Å². The molecule has 1 aliphatic carbocycles. The van der Waals surface area contributed by atoms with Crippen LogP contribution in [0.1, 0.15) is 50.5 Å². The van der Waals surface area contributed by atoms with Crippen LogP contribution < -0.4 is 10.6 Å². The quantitative estimate of drug-likeness (QED) is 0.215. The van der Waals surface area contributed by atoms with Gasteiger partial charge in [0.15, 0.2) is 0 Å². The van der Waals surface area contributed by atoms with Crippen LogP contribution in [0.5, 0.6) is 0 Å². The molecule has 214 valence electrons. The molecule has 1 amide bonds. The van der Waals surface area contributed by atoms with Gasteiger partial charge in [-0.25, -0.2) is 14.8 Å². The maximum absolute atomic E-state index is 12.6. The Morgan fingerprint density at radius 1 is 1.05 bits per heavy atom. The van der Waals surface area contributed by atoms with Crippen LogP contribution in [0.4, 0.5) is 10.7 Å². The van der Waals surface area contributed by atoms with Gasteiger partial charge in [0.1, 0.15) is 6.61 Å². The van der Waals surface area contributed by atoms with Crippen molar-refractivity contribution in [3.8, 4) is 11.3 Å². The molecule has 1 aliphatic heterocycles. The minimum atomic E-state index is -0.233. The monoisotopic (exact) mass is 572 g/mol. The summed E-state index contributed by atoms with van der Waals surface area (Å²) >= 11 is 6.60. The number of likely N-dealkylation sites (tertiary alicyclic amines) is 1. The molecule has 3 heterocycles. The number of fused-ring (bicyclic) bond motifs is 1. The van der Waals surface area contributed by atoms with Crippen LogP contribution >= 0.6 is 11.6 Å². The van der Waals surface area contributed by atoms with Gasteiger partial charge in [-0.3, -0.25) is 0 Å². The smallest absolute Gasteiger partial charge is 0.410 e. The first kappa shape index (κ1) is 27.5. The number of anilines is 1. The number of ether oxygens (including phenoxy) is 1. The number of H-pyrrole nitrogens is 1. The lowest BCUT2D eigenvalue weighted by Gasteiger charge is -2.40. The molecule has 8 nitrogen and oxygen atoms in total. The lowest BCUT2D eigenvalue weighted by Crippen LogP contribution is -2.53. The first-order valence-corrected chi connectivity index (χ1v) is 15.0. The predicted octanol–water partition coefficient (Wildman–Crippen LogP) is 6.78. The van der Waals surface area contributed by atoms with Gasteiger partial charge in [0.05, 0.1) is 22.5 Å². The van der Waals surface area contributed by atoms with E-state index in [0.717, 1.165) is 60.0 Å². The van der Waals surface area contributed by atoms with Crippen LogP contribution in [-0.2, 0) is 11.3 Å². The van der Waals surface area contributed by atoms with Gasteiger partial charge in [0.2, 0.25) is 5.95 Å². The molecule has 0 radical (unpaired) electrons. The van der Waals surface area contributed by atoms with Gasteiger partial charge in [0, 0.05) is 48.3 Å². The molecule has 0 atom stereocenters. The van der Waals surface area contributed by atoms with Crippen molar-refractivity contribution >= 4 is 34.5 Å². The summed E-state index contributed by atoms with van der Waals surface area (Å²) in [6, 6.07) is 18.3. The molecule has 1 saturated carbocycles. The van der Waals surface area contributed by atoms with Gasteiger partial charge in [-0.05, 0) is 37.3 Å². The molecule has 41 heavy (non-hydrogen) atoms. The Hall–Kier alpha value is -3.62. The van der Waals surface area contributed by atoms with Crippen LogP contribution in [-0.4, -0.2) is 57.2 Å². The summed E-state index contributed by atoms with van der Waals surface area (Å²) in [4.78, 5) is 27.2. The second-order valence-electron chi connectivity index (χ2n) is 11.3. The number of hydrogen-bond donors (Lipinski definition) is 3. The number of amides is 1. The zero-order valence-corrected chi connectivity index (χ0v) is 24.0. The number of aromatic nitrogens is 3. The minimum absolute atomic E-state index is 0.130. The second kappa shape index (κ2) is 12.5. The number of hydrogen-bond acceptors (Lipinski definition) is 6. The van der Waals surface area contributed by atoms with Crippen molar-refractivity contribution < 1.29 is 9.53 Å². The molecule has 2 fully saturated rings. The Kier molecular flexibility index (Phi) is 8.39. The van der Waals surface area contributed by atoms with Crippen molar-refractivity contribution in [1.82, 2.24) is 25.2 Å². The van der Waals surface area contributed by atoms with E-state index in [9.17, 15) is 4.79 Å². The number of carbonyl (C=O) groups is 1. The van der Waals surface area contributed by atoms with Gasteiger partial charge < -0.3 is 25.3 Å². The third-order valence-electron chi connectivity index (χ3n) is 8.46. The lowest BCUT2D eigenvalue weighted by molar-refractivity contribution is 0.0847. The SMILES string of the molecule is O=C(OCc1ccccc1)N1CCC(NCC2(Nc3ncc(Cl)c(-c4c[nH]c5ccccc45)n3)CCCCC2)CC1. The van der Waals surface area contributed by atoms with Crippen molar-refractivity contribution in [2.75, 3.05) is 25.0 Å². The molecule has 9 heteroatoms. The highest BCUT2D eigenvalue weighted by molar-refractivity contribution is 6.33. The Morgan fingerprint density at radius 2 is 1.80 bits per heavy atom. The van der Waals surface area contributed by atoms with E-state index < -0.39 is 0 Å². The topological polar surface area (TPSA) is 95.2 Å². The molecule has 0 bridgehead atoms. The van der Waals surface area contributed by atoms with Crippen molar-refractivity contribution in [3.05, 3.63) is 77.6 Å². The molecule has 0 unspecified atom stereocenters. The van der Waals surface area contributed by atoms with Crippen molar-refractivity contribution in [2.24, 2.45) is 0 Å². The number of benzene rings is 2. The van der Waals surface area contributed by atoms with E-state index >= 15 is 0 Å². The summed E-state index contributed by atoms with van der Waals surface area (Å²) in [5.41, 5.74) is 3.62. The summed E-state index contributed by atoms with van der Waals surface area (Å²) in [6.45, 7) is 2.52. The average Bonchev–Trinajstić information content (AvgIpc) is 3.45. The van der Waals surface area contributed by atoms with E-state index in [1.54, 1.807) is 6.20 Å². The fourth-order valence-electron chi connectivity index (χ4n) is 6.11. The molecule has 1 saturated heterocycles. The van der Waals surface area contributed by atoms with E-state index in [4.69, 9.17) is 21.3 Å². The standard InChI is InChI=1S/C32H37ClN6O2/c33-27-20-35-30(37-29(27)26-19-34-28-12-6-5-11-25(26)28)38-32(15-7-2-8-16-32)22-36-24-13-17-39(18-14-24)31(40)41-21-23-9-3-1-4-10-23/h1,3-6,9-12,19-20,24,34,36H,2,7-8,13-18,21-22H2,(H,35,37,38). The number of piperidine rings is 1. The number of carbonyl (C=O) groups excluding carboxylic acids is 1. The van der Waals surface area contributed by atoms with E-state index in [0.29, 0.717) is 36.7 Å². The third-order valence-corrected chi connectivity index (χ3v) is 8.74. The maximum Gasteiger partial charge on any atom is 0.410 e. The molecule has 2 aromatic carbocycles. The highest BCUT2D eigenvalue weighted by Gasteiger charge is 2.34. The largest absolute Gasteiger partial charge is 0.445 e. The summed E-state index contributed by atoms with van der Waals surface area (Å²) in [7, 11) is 0. The number of para-hydroxylation sites is 1. The molecule has 3 N–H and O–H groups in total. The molecule has 0 spiro atoms. The zero-order chi connectivity index (χ0) is 28.1. The van der Waals surface area contributed by atoms with Gasteiger partial charge >= 0.3 is 6.09 Å². The van der Waals surface area contributed by atoms with Gasteiger partial charge in [-0.1, -0.05) is 79.4 Å². The first-order valence-electron chi connectivity index (χ1n) is 14.6. The van der Waals surface area contributed by atoms with Gasteiger partial charge in [-0.2, -0.15) is 0 Å². The highest BCUT2D eigenvalue weighted by atomic mass is 35.5. The molecular formula is C32H37ClN6O2. The Labute approximate surface area is 245 Å². The summed E-state index contributed by atoms with van der Waals surface area (Å²) in [5, 5.41) is 9.17. The predicted molar refractivity (Wildman–Crippen MR) is 163 cm³/mol. The van der Waals surface area contributed by atoms with Gasteiger partial charge in [-0.15, -0.1) is 0 Å². The first-order chi connectivity index (χ1) is 20.1. The summed E-state index contributed by atoms with van der Waals surface area (Å²) in [5.74, 6) is 0.606. The van der Waals surface area contributed by atoms with E-state index in [-0.39, 0.29) is 11.6 Å². The minimum Gasteiger partial charge on any atom is -0.445 e. The molecular weight excluding hydrogens is 536 g/mol. The Morgan fingerprint density at radius 3 is 2.61 bits per heavy atom. The number of halogens is 1. The maximum atomic E-state index is 12.6. The zero-order valence-electron chi connectivity index (χ0n) is 23.2. The fraction of sp³-hybridized carbons (Fsp3) is 0.406. The molecule has 2 aromatic heterocycles. The highest BCUT2D eigenvalue weighted by Crippen LogP contribution is 2.35. The van der Waals surface area contributed by atoms with Crippen LogP contribution in [0.25, 0.3) is 22.2 Å². The average molecular weight is 573 g/mol. The fourth-order valence-corrected chi connectivity index (χ4v) is 6.30. The Balaban J connectivity index is 1.07. The Bertz CT molecular complexity index is 1460. The van der Waals surface area contributed by atoms with Crippen LogP contribution in [0.2, 0.25) is 5.02 Å². The van der Waals surface area contributed by atoms with Crippen molar-refractivity contribution in [2.45, 2.75) is 63.1 Å². The lowest BCUT2D eigenvalue weighted by atomic mass is 9.81. The van der Waals surface area contributed by atoms with E-state index in [1.165, 1.54) is 19.3 Å². The molecule has 2 aliphatic rings. The van der Waals surface area contributed by atoms with Crippen LogP contribution in [0.15, 0.2) is 67.0 Å². The summed E-state index contributed by atoms with van der Waals surface area (Å²) < 4.78 is 5.54. The number of aromatic amines is 1. The number of nitrogens with zero attached hydrogens (tertiary/aromatic N) is 3. The van der Waals surface area contributed by atoms with E-state index in [2.05, 4.69) is 26.7 Å². The summed E-state index contributed by atoms with van der Waals surface area (Å²) in [6.07, 6.45) is 10.9. The third kappa shape index (κ3) is 6.49. The molecule has 4 aromatic rings.